The smallest absolute Gasteiger partial charge is 0.348 e. The molecule has 7 nitrogen and oxygen atoms in total. The second kappa shape index (κ2) is 7.29. The number of fused-ring (bicyclic) bond motifs is 1. The number of nitrogens with one attached hydrogen (secondary N) is 1. The van der Waals surface area contributed by atoms with Gasteiger partial charge < -0.3 is 5.32 Å². The Hall–Kier alpha value is -3.69. The first kappa shape index (κ1) is 19.6. The molecule has 0 unspecified atom stereocenters. The first-order chi connectivity index (χ1) is 14.2. The summed E-state index contributed by atoms with van der Waals surface area (Å²) in [5.74, 6) is -0.499. The molecule has 0 atom stereocenters. The molecule has 10 heteroatoms. The molecule has 0 aliphatic carbocycles. The van der Waals surface area contributed by atoms with Crippen LogP contribution in [-0.2, 0) is 12.7 Å². The van der Waals surface area contributed by atoms with E-state index in [-0.39, 0.29) is 17.7 Å². The number of nitrogens with zero attached hydrogens (tertiary/aromatic N) is 5. The fraction of sp³-hybridized carbons (Fsp3) is 0.200. The van der Waals surface area contributed by atoms with Crippen molar-refractivity contribution in [2.75, 3.05) is 0 Å². The van der Waals surface area contributed by atoms with E-state index in [1.54, 1.807) is 36.4 Å². The molecular formula is C20H17F3N6O. The molecule has 1 aromatic carbocycles. The highest BCUT2D eigenvalue weighted by atomic mass is 19.4. The van der Waals surface area contributed by atoms with E-state index < -0.39 is 17.6 Å². The molecule has 4 aromatic rings. The SMILES string of the molecule is Cc1cc(C)n(-c2ccc(CNC(=O)c3ccc4nncn4c3)c(C(F)(F)F)c2)n1. The average molecular weight is 414 g/mol. The van der Waals surface area contributed by atoms with Crippen LogP contribution in [-0.4, -0.2) is 30.3 Å². The highest BCUT2D eigenvalue weighted by Gasteiger charge is 2.34. The van der Waals surface area contributed by atoms with Gasteiger partial charge in [0.1, 0.15) is 6.33 Å². The Balaban J connectivity index is 1.60. The van der Waals surface area contributed by atoms with Gasteiger partial charge in [0.15, 0.2) is 5.65 Å². The molecule has 1 amide bonds. The van der Waals surface area contributed by atoms with Gasteiger partial charge in [-0.05, 0) is 49.7 Å². The number of hydrogen-bond acceptors (Lipinski definition) is 4. The number of rotatable bonds is 4. The molecule has 30 heavy (non-hydrogen) atoms. The van der Waals surface area contributed by atoms with Crippen LogP contribution in [0.2, 0.25) is 0 Å². The molecule has 0 saturated heterocycles. The van der Waals surface area contributed by atoms with Crippen LogP contribution >= 0.6 is 0 Å². The van der Waals surface area contributed by atoms with E-state index in [1.807, 2.05) is 0 Å². The Morgan fingerprint density at radius 2 is 1.93 bits per heavy atom. The summed E-state index contributed by atoms with van der Waals surface area (Å²) in [6, 6.07) is 8.89. The van der Waals surface area contributed by atoms with Crippen LogP contribution in [0.5, 0.6) is 0 Å². The van der Waals surface area contributed by atoms with E-state index in [4.69, 9.17) is 0 Å². The van der Waals surface area contributed by atoms with E-state index in [1.165, 1.54) is 29.3 Å². The topological polar surface area (TPSA) is 77.1 Å². The van der Waals surface area contributed by atoms with E-state index in [2.05, 4.69) is 20.6 Å². The Kier molecular flexibility index (Phi) is 4.76. The maximum absolute atomic E-state index is 13.7. The van der Waals surface area contributed by atoms with Crippen molar-refractivity contribution in [2.24, 2.45) is 0 Å². The van der Waals surface area contributed by atoms with E-state index >= 15 is 0 Å². The molecule has 0 aliphatic rings. The van der Waals surface area contributed by atoms with Gasteiger partial charge in [0.25, 0.3) is 5.91 Å². The predicted molar refractivity (Wildman–Crippen MR) is 102 cm³/mol. The Labute approximate surface area is 169 Å². The molecular weight excluding hydrogens is 397 g/mol. The van der Waals surface area contributed by atoms with Crippen LogP contribution in [0.4, 0.5) is 13.2 Å². The first-order valence-corrected chi connectivity index (χ1v) is 9.04. The Morgan fingerprint density at radius 3 is 2.63 bits per heavy atom. The molecule has 0 spiro atoms. The van der Waals surface area contributed by atoms with Gasteiger partial charge in [0.2, 0.25) is 0 Å². The van der Waals surface area contributed by atoms with Crippen molar-refractivity contribution in [3.8, 4) is 5.69 Å². The average Bonchev–Trinajstić information content (AvgIpc) is 3.30. The number of halogens is 3. The molecule has 3 heterocycles. The molecule has 1 N–H and O–H groups in total. The third-order valence-corrected chi connectivity index (χ3v) is 4.65. The molecule has 0 radical (unpaired) electrons. The van der Waals surface area contributed by atoms with Crippen molar-refractivity contribution in [3.05, 3.63) is 77.0 Å². The molecule has 0 bridgehead atoms. The van der Waals surface area contributed by atoms with Crippen molar-refractivity contribution >= 4 is 11.6 Å². The number of carbonyl (C=O) groups is 1. The molecule has 0 aliphatic heterocycles. The number of pyridine rings is 1. The van der Waals surface area contributed by atoms with Gasteiger partial charge in [-0.3, -0.25) is 9.20 Å². The van der Waals surface area contributed by atoms with Gasteiger partial charge in [0, 0.05) is 18.4 Å². The summed E-state index contributed by atoms with van der Waals surface area (Å²) in [5.41, 5.74) is 1.74. The lowest BCUT2D eigenvalue weighted by Gasteiger charge is -2.16. The maximum Gasteiger partial charge on any atom is 0.416 e. The van der Waals surface area contributed by atoms with Crippen LogP contribution in [0.3, 0.4) is 0 Å². The maximum atomic E-state index is 13.7. The number of amides is 1. The van der Waals surface area contributed by atoms with Crippen molar-refractivity contribution in [1.82, 2.24) is 29.7 Å². The lowest BCUT2D eigenvalue weighted by Crippen LogP contribution is -2.25. The van der Waals surface area contributed by atoms with Gasteiger partial charge >= 0.3 is 6.18 Å². The Bertz CT molecular complexity index is 1240. The number of benzene rings is 1. The third kappa shape index (κ3) is 3.76. The lowest BCUT2D eigenvalue weighted by molar-refractivity contribution is -0.138. The van der Waals surface area contributed by atoms with Crippen LogP contribution in [0.1, 0.15) is 32.9 Å². The van der Waals surface area contributed by atoms with Crippen molar-refractivity contribution < 1.29 is 18.0 Å². The number of hydrogen-bond donors (Lipinski definition) is 1. The van der Waals surface area contributed by atoms with Gasteiger partial charge in [0.05, 0.1) is 22.5 Å². The quantitative estimate of drug-likeness (QED) is 0.555. The highest BCUT2D eigenvalue weighted by Crippen LogP contribution is 2.33. The molecule has 154 valence electrons. The van der Waals surface area contributed by atoms with Crippen molar-refractivity contribution in [1.29, 1.82) is 0 Å². The third-order valence-electron chi connectivity index (χ3n) is 4.65. The summed E-state index contributed by atoms with van der Waals surface area (Å²) in [6.45, 7) is 3.27. The van der Waals surface area contributed by atoms with Gasteiger partial charge in [-0.1, -0.05) is 6.07 Å². The number of alkyl halides is 3. The number of aryl methyl sites for hydroxylation is 2. The van der Waals surface area contributed by atoms with Crippen LogP contribution < -0.4 is 5.32 Å². The van der Waals surface area contributed by atoms with Gasteiger partial charge in [-0.2, -0.15) is 18.3 Å². The molecule has 0 fully saturated rings. The largest absolute Gasteiger partial charge is 0.416 e. The lowest BCUT2D eigenvalue weighted by atomic mass is 10.1. The zero-order valence-electron chi connectivity index (χ0n) is 16.1. The van der Waals surface area contributed by atoms with Gasteiger partial charge in [-0.15, -0.1) is 10.2 Å². The summed E-state index contributed by atoms with van der Waals surface area (Å²) in [5, 5.41) is 14.3. The summed E-state index contributed by atoms with van der Waals surface area (Å²) in [7, 11) is 0. The standard InChI is InChI=1S/C20H17F3N6O/c1-12-7-13(2)29(27-12)16-5-3-14(17(8-16)20(21,22)23)9-24-19(30)15-4-6-18-26-25-11-28(18)10-15/h3-8,10-11H,9H2,1-2H3,(H,24,30). The second-order valence-electron chi connectivity index (χ2n) is 6.87. The molecule has 3 aromatic heterocycles. The predicted octanol–water partition coefficient (Wildman–Crippen LogP) is 3.48. The number of aromatic nitrogens is 5. The first-order valence-electron chi connectivity index (χ1n) is 9.04. The monoisotopic (exact) mass is 414 g/mol. The molecule has 0 saturated carbocycles. The zero-order valence-corrected chi connectivity index (χ0v) is 16.1. The minimum Gasteiger partial charge on any atom is -0.348 e. The van der Waals surface area contributed by atoms with E-state index in [9.17, 15) is 18.0 Å². The minimum absolute atomic E-state index is 0.0356. The Morgan fingerprint density at radius 1 is 1.13 bits per heavy atom. The summed E-state index contributed by atoms with van der Waals surface area (Å²) < 4.78 is 44.0. The zero-order chi connectivity index (χ0) is 21.5. The normalized spacial score (nSPS) is 11.8. The summed E-state index contributed by atoms with van der Waals surface area (Å²) >= 11 is 0. The summed E-state index contributed by atoms with van der Waals surface area (Å²) in [6.07, 6.45) is -1.62. The minimum atomic E-state index is -4.58. The van der Waals surface area contributed by atoms with Crippen molar-refractivity contribution in [2.45, 2.75) is 26.6 Å². The highest BCUT2D eigenvalue weighted by molar-refractivity contribution is 5.94. The number of carbonyl (C=O) groups excluding carboxylic acids is 1. The fourth-order valence-electron chi connectivity index (χ4n) is 3.24. The van der Waals surface area contributed by atoms with Crippen LogP contribution in [0.15, 0.2) is 48.9 Å². The summed E-state index contributed by atoms with van der Waals surface area (Å²) in [4.78, 5) is 12.4. The fourth-order valence-corrected chi connectivity index (χ4v) is 3.24. The molecule has 4 rings (SSSR count). The van der Waals surface area contributed by atoms with Crippen LogP contribution in [0.25, 0.3) is 11.3 Å². The van der Waals surface area contributed by atoms with Gasteiger partial charge in [-0.25, -0.2) is 4.68 Å². The van der Waals surface area contributed by atoms with Crippen LogP contribution in [0, 0.1) is 13.8 Å². The second-order valence-corrected chi connectivity index (χ2v) is 6.87. The van der Waals surface area contributed by atoms with E-state index in [0.717, 1.165) is 11.8 Å². The van der Waals surface area contributed by atoms with E-state index in [0.29, 0.717) is 17.0 Å². The van der Waals surface area contributed by atoms with Crippen molar-refractivity contribution in [3.63, 3.8) is 0 Å².